The van der Waals surface area contributed by atoms with Gasteiger partial charge in [0.2, 0.25) is 10.0 Å². The first-order chi connectivity index (χ1) is 12.7. The van der Waals surface area contributed by atoms with Crippen molar-refractivity contribution in [2.45, 2.75) is 23.5 Å². The summed E-state index contributed by atoms with van der Waals surface area (Å²) in [4.78, 5) is 11.5. The maximum Gasteiger partial charge on any atom is 0.407 e. The van der Waals surface area contributed by atoms with Gasteiger partial charge in [-0.2, -0.15) is 0 Å². The summed E-state index contributed by atoms with van der Waals surface area (Å²) in [6.45, 7) is -1.55. The second-order valence-electron chi connectivity index (χ2n) is 5.23. The van der Waals surface area contributed by atoms with Crippen molar-refractivity contribution in [2.75, 3.05) is 33.4 Å². The third-order valence-corrected chi connectivity index (χ3v) is 4.70. The van der Waals surface area contributed by atoms with Gasteiger partial charge in [-0.15, -0.1) is 0 Å². The van der Waals surface area contributed by atoms with Gasteiger partial charge < -0.3 is 24.6 Å². The topological polar surface area (TPSA) is 123 Å². The van der Waals surface area contributed by atoms with Gasteiger partial charge in [-0.3, -0.25) is 0 Å². The second kappa shape index (κ2) is 8.99. The fourth-order valence-electron chi connectivity index (χ4n) is 2.00. The SMILES string of the molecule is [2H][C@H](NC(=O)O[C@H]1CCOC1)C(O)CN([2H])S(=O)(=O)c1ccc(OC)cc1. The monoisotopic (exact) mass is 376 g/mol. The fourth-order valence-corrected chi connectivity index (χ4v) is 2.98. The van der Waals surface area contributed by atoms with E-state index in [0.29, 0.717) is 18.8 Å². The average molecular weight is 376 g/mol. The van der Waals surface area contributed by atoms with Gasteiger partial charge in [0.05, 0.1) is 32.7 Å². The molecule has 9 nitrogen and oxygen atoms in total. The molecule has 0 aliphatic carbocycles. The van der Waals surface area contributed by atoms with Gasteiger partial charge in [-0.05, 0) is 24.3 Å². The zero-order valence-corrected chi connectivity index (χ0v) is 14.4. The third-order valence-electron chi connectivity index (χ3n) is 3.34. The lowest BCUT2D eigenvalue weighted by Gasteiger charge is -2.15. The van der Waals surface area contributed by atoms with Crippen LogP contribution in [-0.2, 0) is 19.5 Å². The highest BCUT2D eigenvalue weighted by Crippen LogP contribution is 2.15. The smallest absolute Gasteiger partial charge is 0.407 e. The lowest BCUT2D eigenvalue weighted by molar-refractivity contribution is 0.0789. The quantitative estimate of drug-likeness (QED) is 0.576. The first kappa shape index (κ1) is 16.6. The van der Waals surface area contributed by atoms with Crippen LogP contribution in [0.1, 0.15) is 7.79 Å². The second-order valence-corrected chi connectivity index (χ2v) is 6.91. The van der Waals surface area contributed by atoms with Crippen molar-refractivity contribution in [2.24, 2.45) is 0 Å². The van der Waals surface area contributed by atoms with Crippen LogP contribution in [-0.4, -0.2) is 65.2 Å². The number of alkyl carbamates (subject to hydrolysis) is 1. The minimum Gasteiger partial charge on any atom is -0.497 e. The summed E-state index contributed by atoms with van der Waals surface area (Å²) in [5, 5.41) is 12.1. The molecule has 10 heteroatoms. The molecule has 3 N–H and O–H groups in total. The predicted molar refractivity (Wildman–Crippen MR) is 87.9 cm³/mol. The molecule has 0 spiro atoms. The highest BCUT2D eigenvalue weighted by Gasteiger charge is 2.21. The molecule has 25 heavy (non-hydrogen) atoms. The number of carbonyl (C=O) groups excluding carboxylic acids is 1. The Morgan fingerprint density at radius 1 is 1.52 bits per heavy atom. The lowest BCUT2D eigenvalue weighted by atomic mass is 10.3. The molecule has 1 unspecified atom stereocenters. The molecule has 0 bridgehead atoms. The van der Waals surface area contributed by atoms with Crippen LogP contribution in [0.15, 0.2) is 29.2 Å². The van der Waals surface area contributed by atoms with Crippen molar-refractivity contribution < 1.29 is 35.3 Å². The summed E-state index contributed by atoms with van der Waals surface area (Å²) in [5.74, 6) is 0.451. The van der Waals surface area contributed by atoms with Crippen molar-refractivity contribution >= 4 is 16.1 Å². The Morgan fingerprint density at radius 3 is 2.84 bits per heavy atom. The standard InChI is InChI=1S/C15H22N2O7S/c1-22-12-2-4-14(5-3-12)25(20,21)17-9-11(18)8-16-15(19)24-13-6-7-23-10-13/h2-5,11,13,17-18H,6-10H2,1H3,(H,16,19)/t11?,13-/m0/s1/i8D/hD/t8-,11?,13-. The van der Waals surface area contributed by atoms with Crippen LogP contribution in [0.5, 0.6) is 5.75 Å². The van der Waals surface area contributed by atoms with E-state index in [2.05, 4.69) is 5.32 Å². The van der Waals surface area contributed by atoms with Crippen molar-refractivity contribution in [1.82, 2.24) is 10.0 Å². The maximum absolute atomic E-state index is 12.3. The molecule has 1 heterocycles. The number of hydrogen-bond acceptors (Lipinski definition) is 7. The number of carbonyl (C=O) groups is 1. The Hall–Kier alpha value is -1.88. The Morgan fingerprint density at radius 2 is 2.24 bits per heavy atom. The van der Waals surface area contributed by atoms with E-state index in [1.165, 1.54) is 31.4 Å². The summed E-state index contributed by atoms with van der Waals surface area (Å²) in [6.07, 6.45) is -2.43. The van der Waals surface area contributed by atoms with Crippen LogP contribution in [0.2, 0.25) is 1.41 Å². The summed E-state index contributed by atoms with van der Waals surface area (Å²) in [6, 6.07) is 5.38. The normalized spacial score (nSPS) is 21.2. The third kappa shape index (κ3) is 6.16. The van der Waals surface area contributed by atoms with Gasteiger partial charge in [0.15, 0.2) is 0 Å². The number of hydrogen-bond donors (Lipinski definition) is 3. The van der Waals surface area contributed by atoms with E-state index in [1.807, 2.05) is 0 Å². The fraction of sp³-hybridized carbons (Fsp3) is 0.533. The average Bonchev–Trinajstić information content (AvgIpc) is 3.14. The van der Waals surface area contributed by atoms with Crippen molar-refractivity contribution in [3.8, 4) is 5.75 Å². The molecular weight excluding hydrogens is 352 g/mol. The molecule has 1 aromatic rings. The van der Waals surface area contributed by atoms with E-state index >= 15 is 0 Å². The Bertz CT molecular complexity index is 726. The molecule has 0 saturated carbocycles. The number of amides is 1. The number of ether oxygens (including phenoxy) is 3. The van der Waals surface area contributed by atoms with E-state index < -0.39 is 41.4 Å². The van der Waals surface area contributed by atoms with Crippen molar-refractivity contribution in [1.29, 1.82) is 0 Å². The van der Waals surface area contributed by atoms with Crippen LogP contribution < -0.4 is 14.8 Å². The van der Waals surface area contributed by atoms with Crippen molar-refractivity contribution in [3.63, 3.8) is 0 Å². The molecule has 0 radical (unpaired) electrons. The molecular formula is C15H22N2O7S. The summed E-state index contributed by atoms with van der Waals surface area (Å²) in [5.41, 5.74) is 0. The highest BCUT2D eigenvalue weighted by molar-refractivity contribution is 7.89. The molecule has 1 saturated heterocycles. The van der Waals surface area contributed by atoms with Crippen LogP contribution in [0.4, 0.5) is 4.79 Å². The van der Waals surface area contributed by atoms with Gasteiger partial charge in [-0.1, -0.05) is 0 Å². The summed E-state index contributed by atoms with van der Waals surface area (Å²) in [7, 11) is -2.77. The highest BCUT2D eigenvalue weighted by atomic mass is 32.2. The minimum absolute atomic E-state index is 0.166. The van der Waals surface area contributed by atoms with Gasteiger partial charge in [0.25, 0.3) is 0 Å². The Kier molecular flexibility index (Phi) is 5.97. The van der Waals surface area contributed by atoms with E-state index in [4.69, 9.17) is 17.0 Å². The predicted octanol–water partition coefficient (Wildman–Crippen LogP) is -0.150. The summed E-state index contributed by atoms with van der Waals surface area (Å²) >= 11 is 0. The maximum atomic E-state index is 12.3. The first-order valence-electron chi connectivity index (χ1n) is 8.57. The van der Waals surface area contributed by atoms with Gasteiger partial charge in [0.1, 0.15) is 13.3 Å². The van der Waals surface area contributed by atoms with E-state index in [9.17, 15) is 18.3 Å². The van der Waals surface area contributed by atoms with Crippen LogP contribution in [0.25, 0.3) is 0 Å². The number of rotatable bonds is 8. The van der Waals surface area contributed by atoms with E-state index in [0.717, 1.165) is 0 Å². The largest absolute Gasteiger partial charge is 0.497 e. The number of methoxy groups -OCH3 is 1. The van der Waals surface area contributed by atoms with Gasteiger partial charge in [0, 0.05) is 19.5 Å². The van der Waals surface area contributed by atoms with E-state index in [1.54, 1.807) is 0 Å². The van der Waals surface area contributed by atoms with Crippen LogP contribution in [0, 0.1) is 0 Å². The van der Waals surface area contributed by atoms with E-state index in [-0.39, 0.29) is 16.2 Å². The van der Waals surface area contributed by atoms with Crippen molar-refractivity contribution in [3.05, 3.63) is 24.3 Å². The molecule has 3 atom stereocenters. The lowest BCUT2D eigenvalue weighted by Crippen LogP contribution is -2.40. The van der Waals surface area contributed by atoms with Gasteiger partial charge >= 0.3 is 6.09 Å². The minimum atomic E-state index is -4.20. The number of nitrogens with one attached hydrogen (secondary N) is 2. The molecule has 1 amide bonds. The van der Waals surface area contributed by atoms with Crippen LogP contribution >= 0.6 is 0 Å². The Balaban J connectivity index is 1.90. The molecule has 2 rings (SSSR count). The Labute approximate surface area is 149 Å². The van der Waals surface area contributed by atoms with Gasteiger partial charge in [-0.25, -0.2) is 17.9 Å². The zero-order chi connectivity index (χ0) is 20.0. The number of benzene rings is 1. The number of aliphatic hydroxyl groups is 1. The van der Waals surface area contributed by atoms with Crippen LogP contribution in [0.3, 0.4) is 0 Å². The molecule has 1 fully saturated rings. The molecule has 0 aromatic heterocycles. The number of sulfonamides is 1. The molecule has 140 valence electrons. The first-order valence-corrected chi connectivity index (χ1v) is 8.99. The molecule has 1 aliphatic heterocycles. The molecule has 1 aliphatic rings. The summed E-state index contributed by atoms with van der Waals surface area (Å²) < 4.78 is 55.3. The zero-order valence-electron chi connectivity index (χ0n) is 15.6. The number of aliphatic hydroxyl groups excluding tert-OH is 1. The molecule has 1 aromatic carbocycles.